The van der Waals surface area contributed by atoms with Crippen LogP contribution in [-0.4, -0.2) is 64.4 Å². The summed E-state index contributed by atoms with van der Waals surface area (Å²) in [6, 6.07) is 12.9. The maximum Gasteiger partial charge on any atom is 0.270 e. The number of piperidine rings is 1. The molecule has 4 heterocycles. The number of rotatable bonds is 6. The molecule has 3 N–H and O–H groups in total. The number of nitrogens with zero attached hydrogens (tertiary/aromatic N) is 5. The van der Waals surface area contributed by atoms with Gasteiger partial charge in [-0.25, -0.2) is 22.8 Å². The standard InChI is InChI=1S/C29H32FN7O3S/c1-29(2)25(30)21-14-19(8-9-23(21)41(29,38)39)22-16-33-26(31)24(34-22)28-36-35-27(40-28)18-6-4-17(5-7-18)15-32-20-10-12-37(3)13-11-20/h4-9,14,16,20,25,32H,10-13,15H2,1-3H3,(H2,31,33)/t25-/m1/s1. The van der Waals surface area contributed by atoms with Gasteiger partial charge in [-0.3, -0.25) is 0 Å². The van der Waals surface area contributed by atoms with Gasteiger partial charge in [0, 0.05) is 29.3 Å². The number of fused-ring (bicyclic) bond motifs is 1. The highest BCUT2D eigenvalue weighted by Crippen LogP contribution is 2.49. The molecule has 214 valence electrons. The lowest BCUT2D eigenvalue weighted by Gasteiger charge is -2.29. The van der Waals surface area contributed by atoms with Crippen LogP contribution >= 0.6 is 0 Å². The number of anilines is 1. The van der Waals surface area contributed by atoms with E-state index >= 15 is 4.39 Å². The average molecular weight is 578 g/mol. The first-order valence-electron chi connectivity index (χ1n) is 13.6. The maximum absolute atomic E-state index is 15.2. The van der Waals surface area contributed by atoms with E-state index in [9.17, 15) is 8.42 Å². The van der Waals surface area contributed by atoms with Crippen LogP contribution in [-0.2, 0) is 16.4 Å². The summed E-state index contributed by atoms with van der Waals surface area (Å²) in [5.74, 6) is 0.493. The Hall–Kier alpha value is -3.74. The molecule has 1 saturated heterocycles. The van der Waals surface area contributed by atoms with E-state index < -0.39 is 20.8 Å². The Bertz CT molecular complexity index is 1700. The lowest BCUT2D eigenvalue weighted by Crippen LogP contribution is -2.40. The van der Waals surface area contributed by atoms with Crippen LogP contribution in [0.5, 0.6) is 0 Å². The van der Waals surface area contributed by atoms with Crippen molar-refractivity contribution in [2.45, 2.75) is 55.1 Å². The monoisotopic (exact) mass is 577 g/mol. The maximum atomic E-state index is 15.2. The second-order valence-corrected chi connectivity index (χ2v) is 13.8. The van der Waals surface area contributed by atoms with Gasteiger partial charge in [0.05, 0.1) is 16.8 Å². The summed E-state index contributed by atoms with van der Waals surface area (Å²) >= 11 is 0. The van der Waals surface area contributed by atoms with Gasteiger partial charge in [0.1, 0.15) is 10.9 Å². The van der Waals surface area contributed by atoms with Crippen molar-refractivity contribution in [2.24, 2.45) is 0 Å². The third kappa shape index (κ3) is 4.89. The molecule has 0 amide bonds. The van der Waals surface area contributed by atoms with Crippen molar-refractivity contribution in [1.29, 1.82) is 0 Å². The van der Waals surface area contributed by atoms with E-state index in [0.717, 1.165) is 43.6 Å². The summed E-state index contributed by atoms with van der Waals surface area (Å²) in [7, 11) is -1.64. The van der Waals surface area contributed by atoms with Crippen LogP contribution in [0.2, 0.25) is 0 Å². The largest absolute Gasteiger partial charge is 0.414 e. The number of nitrogen functional groups attached to an aromatic ring is 1. The summed E-state index contributed by atoms with van der Waals surface area (Å²) in [5.41, 5.74) is 9.18. The molecule has 6 rings (SSSR count). The van der Waals surface area contributed by atoms with E-state index in [0.29, 0.717) is 23.2 Å². The fourth-order valence-electron chi connectivity index (χ4n) is 5.32. The first-order valence-corrected chi connectivity index (χ1v) is 15.0. The van der Waals surface area contributed by atoms with Gasteiger partial charge in [0.25, 0.3) is 5.89 Å². The Kier molecular flexibility index (Phi) is 6.87. The molecular formula is C29H32FN7O3S. The molecule has 0 radical (unpaired) electrons. The van der Waals surface area contributed by atoms with E-state index in [4.69, 9.17) is 10.2 Å². The third-order valence-corrected chi connectivity index (χ3v) is 10.7. The summed E-state index contributed by atoms with van der Waals surface area (Å²) in [6.45, 7) is 5.80. The quantitative estimate of drug-likeness (QED) is 0.343. The molecule has 1 fully saturated rings. The molecule has 41 heavy (non-hydrogen) atoms. The topological polar surface area (TPSA) is 140 Å². The molecule has 0 aliphatic carbocycles. The van der Waals surface area contributed by atoms with Gasteiger partial charge >= 0.3 is 0 Å². The summed E-state index contributed by atoms with van der Waals surface area (Å²) < 4.78 is 45.1. The number of aromatic nitrogens is 4. The minimum absolute atomic E-state index is 0.00691. The molecule has 0 saturated carbocycles. The number of sulfone groups is 1. The second-order valence-electron chi connectivity index (χ2n) is 11.3. The van der Waals surface area contributed by atoms with E-state index in [1.807, 2.05) is 24.3 Å². The highest BCUT2D eigenvalue weighted by molar-refractivity contribution is 7.93. The summed E-state index contributed by atoms with van der Waals surface area (Å²) in [4.78, 5) is 11.1. The van der Waals surface area contributed by atoms with Crippen molar-refractivity contribution in [3.8, 4) is 34.3 Å². The molecule has 2 aliphatic rings. The van der Waals surface area contributed by atoms with Gasteiger partial charge in [0.15, 0.2) is 21.3 Å². The second kappa shape index (κ2) is 10.3. The van der Waals surface area contributed by atoms with Crippen LogP contribution in [0.4, 0.5) is 10.2 Å². The number of halogens is 1. The fourth-order valence-corrected chi connectivity index (χ4v) is 7.00. The number of hydrogen-bond acceptors (Lipinski definition) is 10. The molecular weight excluding hydrogens is 545 g/mol. The van der Waals surface area contributed by atoms with Crippen molar-refractivity contribution >= 4 is 15.7 Å². The van der Waals surface area contributed by atoms with Crippen LogP contribution in [0.25, 0.3) is 34.3 Å². The van der Waals surface area contributed by atoms with Crippen molar-refractivity contribution in [3.63, 3.8) is 0 Å². The predicted molar refractivity (Wildman–Crippen MR) is 153 cm³/mol. The van der Waals surface area contributed by atoms with Crippen molar-refractivity contribution in [3.05, 3.63) is 59.8 Å². The van der Waals surface area contributed by atoms with Crippen molar-refractivity contribution in [1.82, 2.24) is 30.4 Å². The van der Waals surface area contributed by atoms with Gasteiger partial charge in [-0.1, -0.05) is 18.2 Å². The van der Waals surface area contributed by atoms with Crippen molar-refractivity contribution < 1.29 is 17.2 Å². The van der Waals surface area contributed by atoms with E-state index in [-0.39, 0.29) is 27.9 Å². The number of hydrogen-bond donors (Lipinski definition) is 2. The normalized spacial score (nSPS) is 20.2. The third-order valence-electron chi connectivity index (χ3n) is 8.11. The Morgan fingerprint density at radius 3 is 2.49 bits per heavy atom. The first-order chi connectivity index (χ1) is 19.5. The van der Waals surface area contributed by atoms with Crippen LogP contribution in [0, 0.1) is 0 Å². The van der Waals surface area contributed by atoms with Gasteiger partial charge in [0.2, 0.25) is 5.89 Å². The molecule has 2 aliphatic heterocycles. The van der Waals surface area contributed by atoms with E-state index in [1.54, 1.807) is 6.07 Å². The van der Waals surface area contributed by atoms with Gasteiger partial charge in [-0.2, -0.15) is 0 Å². The summed E-state index contributed by atoms with van der Waals surface area (Å²) in [5, 5.41) is 11.9. The fraction of sp³-hybridized carbons (Fsp3) is 0.379. The highest BCUT2D eigenvalue weighted by Gasteiger charge is 2.52. The zero-order chi connectivity index (χ0) is 28.9. The molecule has 4 aromatic rings. The minimum atomic E-state index is -3.80. The SMILES string of the molecule is CN1CCC(NCc2ccc(-c3nnc(-c4nc(-c5ccc6c(c5)[C@@H](F)C(C)(C)S6(=O)=O)cnc4N)o3)cc2)CC1. The Labute approximate surface area is 238 Å². The molecule has 2 aromatic heterocycles. The molecule has 0 spiro atoms. The van der Waals surface area contributed by atoms with Gasteiger partial charge in [-0.15, -0.1) is 10.2 Å². The predicted octanol–water partition coefficient (Wildman–Crippen LogP) is 4.20. The molecule has 12 heteroatoms. The lowest BCUT2D eigenvalue weighted by molar-refractivity contribution is 0.234. The van der Waals surface area contributed by atoms with E-state index in [2.05, 4.69) is 37.4 Å². The first kappa shape index (κ1) is 27.4. The minimum Gasteiger partial charge on any atom is -0.414 e. The molecule has 2 aromatic carbocycles. The zero-order valence-corrected chi connectivity index (χ0v) is 23.9. The number of nitrogens with two attached hydrogens (primary N) is 1. The van der Waals surface area contributed by atoms with Crippen LogP contribution in [0.15, 0.2) is 58.0 Å². The smallest absolute Gasteiger partial charge is 0.270 e. The van der Waals surface area contributed by atoms with Crippen LogP contribution in [0.3, 0.4) is 0 Å². The number of likely N-dealkylation sites (tertiary alicyclic amines) is 1. The van der Waals surface area contributed by atoms with Crippen LogP contribution in [0.1, 0.15) is 44.0 Å². The molecule has 0 unspecified atom stereocenters. The van der Waals surface area contributed by atoms with Crippen LogP contribution < -0.4 is 11.1 Å². The average Bonchev–Trinajstić information content (AvgIpc) is 3.51. The molecule has 1 atom stereocenters. The number of alkyl halides is 1. The highest BCUT2D eigenvalue weighted by atomic mass is 32.2. The van der Waals surface area contributed by atoms with E-state index in [1.165, 1.54) is 32.2 Å². The Morgan fingerprint density at radius 1 is 1.07 bits per heavy atom. The van der Waals surface area contributed by atoms with Gasteiger partial charge in [-0.05, 0) is 76.7 Å². The zero-order valence-electron chi connectivity index (χ0n) is 23.1. The van der Waals surface area contributed by atoms with Gasteiger partial charge < -0.3 is 20.4 Å². The molecule has 0 bridgehead atoms. The summed E-state index contributed by atoms with van der Waals surface area (Å²) in [6.07, 6.45) is 2.07. The number of nitrogens with one attached hydrogen (secondary N) is 1. The van der Waals surface area contributed by atoms with Crippen molar-refractivity contribution in [2.75, 3.05) is 25.9 Å². The Balaban J connectivity index is 1.21. The number of benzene rings is 2. The lowest BCUT2D eigenvalue weighted by atomic mass is 9.98. The molecule has 10 nitrogen and oxygen atoms in total. The Morgan fingerprint density at radius 2 is 1.76 bits per heavy atom.